The van der Waals surface area contributed by atoms with Crippen molar-refractivity contribution in [3.8, 4) is 5.75 Å². The predicted molar refractivity (Wildman–Crippen MR) is 100 cm³/mol. The highest BCUT2D eigenvalue weighted by Gasteiger charge is 2.29. The molecule has 0 aliphatic heterocycles. The average Bonchev–Trinajstić information content (AvgIpc) is 2.55. The molecule has 23 heavy (non-hydrogen) atoms. The zero-order valence-corrected chi connectivity index (χ0v) is 15.6. The van der Waals surface area contributed by atoms with Crippen LogP contribution >= 0.6 is 0 Å². The summed E-state index contributed by atoms with van der Waals surface area (Å²) in [5, 5.41) is 11.0. The van der Waals surface area contributed by atoms with Gasteiger partial charge in [-0.3, -0.25) is 0 Å². The number of allylic oxidation sites excluding steroid dienone is 4. The van der Waals surface area contributed by atoms with Gasteiger partial charge in [-0.05, 0) is 35.7 Å². The molecule has 1 heteroatoms. The Balaban J connectivity index is 2.65. The summed E-state index contributed by atoms with van der Waals surface area (Å²) in [6.07, 6.45) is 11.6. The second-order valence-electron chi connectivity index (χ2n) is 8.09. The van der Waals surface area contributed by atoms with Crippen molar-refractivity contribution in [1.82, 2.24) is 0 Å². The molecule has 0 spiro atoms. The van der Waals surface area contributed by atoms with Crippen LogP contribution in [0.1, 0.15) is 83.4 Å². The third-order valence-corrected chi connectivity index (χ3v) is 5.80. The normalized spacial score (nSPS) is 18.4. The first-order valence-corrected chi connectivity index (χ1v) is 8.94. The predicted octanol–water partition coefficient (Wildman–Crippen LogP) is 6.37. The first-order valence-electron chi connectivity index (χ1n) is 8.94. The van der Waals surface area contributed by atoms with E-state index >= 15 is 0 Å². The van der Waals surface area contributed by atoms with Crippen LogP contribution in [0.2, 0.25) is 0 Å². The highest BCUT2D eigenvalue weighted by molar-refractivity contribution is 5.52. The van der Waals surface area contributed by atoms with E-state index in [4.69, 9.17) is 0 Å². The van der Waals surface area contributed by atoms with Crippen LogP contribution < -0.4 is 0 Å². The number of hydrogen-bond acceptors (Lipinski definition) is 1. The quantitative estimate of drug-likeness (QED) is 0.670. The van der Waals surface area contributed by atoms with Gasteiger partial charge in [0, 0.05) is 17.0 Å². The van der Waals surface area contributed by atoms with Crippen LogP contribution in [-0.2, 0) is 10.8 Å². The summed E-state index contributed by atoms with van der Waals surface area (Å²) in [4.78, 5) is 0. The summed E-state index contributed by atoms with van der Waals surface area (Å²) in [7, 11) is 0. The van der Waals surface area contributed by atoms with E-state index < -0.39 is 0 Å². The highest BCUT2D eigenvalue weighted by Crippen LogP contribution is 2.43. The Kier molecular flexibility index (Phi) is 5.08. The van der Waals surface area contributed by atoms with Crippen LogP contribution in [-0.4, -0.2) is 5.11 Å². The first kappa shape index (κ1) is 17.8. The molecule has 0 aromatic heterocycles. The van der Waals surface area contributed by atoms with Crippen molar-refractivity contribution in [3.05, 3.63) is 53.1 Å². The smallest absolute Gasteiger partial charge is 0.123 e. The number of aromatic hydroxyl groups is 1. The zero-order chi connectivity index (χ0) is 17.3. The summed E-state index contributed by atoms with van der Waals surface area (Å²) in [5.74, 6) is 0.775. The van der Waals surface area contributed by atoms with E-state index in [1.807, 2.05) is 0 Å². The van der Waals surface area contributed by atoms with Crippen molar-refractivity contribution in [2.24, 2.45) is 0 Å². The molecule has 1 unspecified atom stereocenters. The molecule has 1 aromatic carbocycles. The van der Waals surface area contributed by atoms with Gasteiger partial charge in [-0.1, -0.05) is 78.0 Å². The van der Waals surface area contributed by atoms with Crippen molar-refractivity contribution in [2.45, 2.75) is 77.6 Å². The molecule has 1 aliphatic carbocycles. The van der Waals surface area contributed by atoms with Crippen molar-refractivity contribution < 1.29 is 5.11 Å². The molecule has 1 N–H and O–H groups in total. The summed E-state index contributed by atoms with van der Waals surface area (Å²) < 4.78 is 0. The van der Waals surface area contributed by atoms with Crippen molar-refractivity contribution in [3.63, 3.8) is 0 Å². The van der Waals surface area contributed by atoms with E-state index in [0.717, 1.165) is 30.4 Å². The van der Waals surface area contributed by atoms with Crippen molar-refractivity contribution in [1.29, 1.82) is 0 Å². The van der Waals surface area contributed by atoms with E-state index in [9.17, 15) is 5.11 Å². The van der Waals surface area contributed by atoms with Crippen LogP contribution in [0.15, 0.2) is 36.4 Å². The summed E-state index contributed by atoms with van der Waals surface area (Å²) in [5.41, 5.74) is 3.62. The number of phenolic OH excluding ortho intramolecular Hbond substituents is 1. The van der Waals surface area contributed by atoms with Gasteiger partial charge in [0.15, 0.2) is 0 Å². The molecular formula is C22H32O. The Hall–Kier alpha value is -1.50. The minimum Gasteiger partial charge on any atom is -0.507 e. The zero-order valence-electron chi connectivity index (χ0n) is 15.6. The van der Waals surface area contributed by atoms with Gasteiger partial charge in [-0.2, -0.15) is 0 Å². The molecule has 0 amide bonds. The Labute approximate surface area is 142 Å². The second-order valence-corrected chi connectivity index (χ2v) is 8.09. The molecule has 1 nitrogen and oxygen atoms in total. The monoisotopic (exact) mass is 312 g/mol. The van der Waals surface area contributed by atoms with Crippen molar-refractivity contribution >= 4 is 0 Å². The fraction of sp³-hybridized carbons (Fsp3) is 0.545. The number of benzene rings is 1. The van der Waals surface area contributed by atoms with Crippen LogP contribution in [0, 0.1) is 0 Å². The molecule has 0 saturated carbocycles. The Morgan fingerprint density at radius 2 is 1.65 bits per heavy atom. The summed E-state index contributed by atoms with van der Waals surface area (Å²) in [6, 6.07) is 4.48. The van der Waals surface area contributed by atoms with Gasteiger partial charge in [0.2, 0.25) is 0 Å². The van der Waals surface area contributed by atoms with Gasteiger partial charge < -0.3 is 5.11 Å². The van der Waals surface area contributed by atoms with Gasteiger partial charge in [0.1, 0.15) is 5.75 Å². The maximum Gasteiger partial charge on any atom is 0.123 e. The molecule has 0 saturated heterocycles. The van der Waals surface area contributed by atoms with E-state index in [1.54, 1.807) is 0 Å². The largest absolute Gasteiger partial charge is 0.507 e. The lowest BCUT2D eigenvalue weighted by atomic mass is 9.73. The minimum atomic E-state index is -0.0209. The Morgan fingerprint density at radius 1 is 1.00 bits per heavy atom. The highest BCUT2D eigenvalue weighted by atomic mass is 16.3. The molecule has 2 rings (SSSR count). The number of rotatable bonds is 5. The number of hydrogen-bond donors (Lipinski definition) is 1. The van der Waals surface area contributed by atoms with Gasteiger partial charge in [0.05, 0.1) is 0 Å². The van der Waals surface area contributed by atoms with Gasteiger partial charge in [-0.15, -0.1) is 0 Å². The first-order chi connectivity index (χ1) is 10.7. The molecule has 1 atom stereocenters. The lowest BCUT2D eigenvalue weighted by molar-refractivity contribution is 0.417. The van der Waals surface area contributed by atoms with Gasteiger partial charge in [0.25, 0.3) is 0 Å². The number of phenols is 1. The SMILES string of the molecule is CCC(C)(C)c1cc(C2C=CC=CC2)c(O)c(C(C)(C)CC)c1. The van der Waals surface area contributed by atoms with E-state index in [1.165, 1.54) is 5.56 Å². The van der Waals surface area contributed by atoms with E-state index in [0.29, 0.717) is 5.75 Å². The molecule has 0 fully saturated rings. The van der Waals surface area contributed by atoms with Crippen molar-refractivity contribution in [2.75, 3.05) is 0 Å². The molecule has 0 heterocycles. The van der Waals surface area contributed by atoms with Gasteiger partial charge in [-0.25, -0.2) is 0 Å². The molecule has 1 aromatic rings. The molecule has 0 radical (unpaired) electrons. The van der Waals surface area contributed by atoms with Crippen LogP contribution in [0.4, 0.5) is 0 Å². The van der Waals surface area contributed by atoms with Crippen LogP contribution in [0.3, 0.4) is 0 Å². The van der Waals surface area contributed by atoms with E-state index in [2.05, 4.69) is 78.0 Å². The molecular weight excluding hydrogens is 280 g/mol. The van der Waals surface area contributed by atoms with Gasteiger partial charge >= 0.3 is 0 Å². The lowest BCUT2D eigenvalue weighted by Crippen LogP contribution is -2.21. The fourth-order valence-corrected chi connectivity index (χ4v) is 3.05. The van der Waals surface area contributed by atoms with Crippen LogP contribution in [0.5, 0.6) is 5.75 Å². The third kappa shape index (κ3) is 3.54. The van der Waals surface area contributed by atoms with Crippen LogP contribution in [0.25, 0.3) is 0 Å². The topological polar surface area (TPSA) is 20.2 Å². The maximum atomic E-state index is 11.0. The fourth-order valence-electron chi connectivity index (χ4n) is 3.05. The maximum absolute atomic E-state index is 11.0. The average molecular weight is 312 g/mol. The summed E-state index contributed by atoms with van der Waals surface area (Å²) >= 11 is 0. The second kappa shape index (κ2) is 6.55. The summed E-state index contributed by atoms with van der Waals surface area (Å²) in [6.45, 7) is 13.5. The molecule has 126 valence electrons. The lowest BCUT2D eigenvalue weighted by Gasteiger charge is -2.32. The molecule has 1 aliphatic rings. The Morgan fingerprint density at radius 3 is 2.17 bits per heavy atom. The molecule has 0 bridgehead atoms. The minimum absolute atomic E-state index is 0.0209. The third-order valence-electron chi connectivity index (χ3n) is 5.80. The Bertz CT molecular complexity index is 617. The van der Waals surface area contributed by atoms with E-state index in [-0.39, 0.29) is 16.7 Å². The standard InChI is InChI=1S/C22H32O/c1-7-21(3,4)17-14-18(16-12-10-9-11-13-16)20(23)19(15-17)22(5,6)8-2/h9-12,14-16,23H,7-8,13H2,1-6H3.